The summed E-state index contributed by atoms with van der Waals surface area (Å²) in [6.45, 7) is 1.42. The number of amides is 1. The van der Waals surface area contributed by atoms with Crippen molar-refractivity contribution in [1.29, 1.82) is 0 Å². The fraction of sp³-hybridized carbons (Fsp3) is 0.111. The molecule has 0 atom stereocenters. The van der Waals surface area contributed by atoms with Crippen LogP contribution in [0, 0.1) is 10.1 Å². The predicted octanol–water partition coefficient (Wildman–Crippen LogP) is 3.90. The highest BCUT2D eigenvalue weighted by Gasteiger charge is 2.22. The van der Waals surface area contributed by atoms with Gasteiger partial charge in [-0.25, -0.2) is 4.98 Å². The van der Waals surface area contributed by atoms with Crippen molar-refractivity contribution >= 4 is 28.2 Å². The number of pyridine rings is 1. The molecule has 3 aromatic rings. The van der Waals surface area contributed by atoms with Gasteiger partial charge in [0, 0.05) is 18.8 Å². The van der Waals surface area contributed by atoms with E-state index in [0.29, 0.717) is 22.6 Å². The summed E-state index contributed by atoms with van der Waals surface area (Å²) >= 11 is 0. The molecule has 0 saturated heterocycles. The number of non-ortho nitro benzene ring substituents is 1. The molecular weight excluding hydrogens is 338 g/mol. The van der Waals surface area contributed by atoms with E-state index < -0.39 is 4.92 Å². The number of anilines is 1. The normalized spacial score (nSPS) is 10.4. The maximum Gasteiger partial charge on any atom is 0.299 e. The van der Waals surface area contributed by atoms with Gasteiger partial charge in [-0.05, 0) is 36.4 Å². The Balaban J connectivity index is 2.06. The zero-order valence-electron chi connectivity index (χ0n) is 14.1. The number of rotatable bonds is 5. The number of benzene rings is 2. The number of nitrogens with zero attached hydrogens (tertiary/aromatic N) is 2. The van der Waals surface area contributed by atoms with Gasteiger partial charge in [0.1, 0.15) is 5.75 Å². The first-order chi connectivity index (χ1) is 12.5. The van der Waals surface area contributed by atoms with Crippen molar-refractivity contribution in [2.75, 3.05) is 12.4 Å². The molecule has 1 heterocycles. The molecule has 3 rings (SSSR count). The molecule has 0 unspecified atom stereocenters. The number of hydrogen-bond acceptors (Lipinski definition) is 6. The molecular formula is C18H15N3O5. The molecule has 0 saturated carbocycles. The third-order valence-electron chi connectivity index (χ3n) is 3.60. The lowest BCUT2D eigenvalue weighted by atomic mass is 10.1. The molecule has 26 heavy (non-hydrogen) atoms. The summed E-state index contributed by atoms with van der Waals surface area (Å²) in [7, 11) is 1.41. The minimum Gasteiger partial charge on any atom is -0.493 e. The van der Waals surface area contributed by atoms with E-state index in [9.17, 15) is 14.9 Å². The monoisotopic (exact) mass is 353 g/mol. The van der Waals surface area contributed by atoms with Gasteiger partial charge in [0.25, 0.3) is 5.69 Å². The topological polar surface area (TPSA) is 104 Å². The third kappa shape index (κ3) is 3.39. The van der Waals surface area contributed by atoms with Crippen molar-refractivity contribution in [2.45, 2.75) is 6.92 Å². The SMILES string of the molecule is COc1cc([N+](=O)[O-])c2ncccc2c1Oc1ccc(NC(C)=O)cc1. The molecule has 0 aliphatic heterocycles. The molecule has 0 fully saturated rings. The molecule has 8 nitrogen and oxygen atoms in total. The van der Waals surface area contributed by atoms with E-state index in [2.05, 4.69) is 10.3 Å². The minimum atomic E-state index is -0.510. The minimum absolute atomic E-state index is 0.161. The van der Waals surface area contributed by atoms with Crippen LogP contribution in [0.25, 0.3) is 10.9 Å². The number of nitrogens with one attached hydrogen (secondary N) is 1. The Morgan fingerprint density at radius 1 is 1.23 bits per heavy atom. The van der Waals surface area contributed by atoms with Gasteiger partial charge in [-0.3, -0.25) is 14.9 Å². The van der Waals surface area contributed by atoms with E-state index in [1.54, 1.807) is 36.4 Å². The summed E-state index contributed by atoms with van der Waals surface area (Å²) in [6, 6.07) is 11.4. The zero-order chi connectivity index (χ0) is 18.7. The standard InChI is InChI=1S/C18H15N3O5/c1-11(22)20-12-5-7-13(8-6-12)26-18-14-4-3-9-19-17(14)15(21(23)24)10-16(18)25-2/h3-10H,1-2H3,(H,20,22). The van der Waals surface area contributed by atoms with Crippen molar-refractivity contribution in [1.82, 2.24) is 4.98 Å². The van der Waals surface area contributed by atoms with Gasteiger partial charge in [-0.1, -0.05) is 0 Å². The predicted molar refractivity (Wildman–Crippen MR) is 95.8 cm³/mol. The average Bonchev–Trinajstić information content (AvgIpc) is 2.62. The van der Waals surface area contributed by atoms with Gasteiger partial charge in [-0.2, -0.15) is 0 Å². The van der Waals surface area contributed by atoms with Gasteiger partial charge in [0.2, 0.25) is 5.91 Å². The average molecular weight is 353 g/mol. The van der Waals surface area contributed by atoms with Crippen molar-refractivity contribution in [3.8, 4) is 17.2 Å². The van der Waals surface area contributed by atoms with Crippen LogP contribution in [0.2, 0.25) is 0 Å². The number of carbonyl (C=O) groups excluding carboxylic acids is 1. The molecule has 0 aliphatic rings. The lowest BCUT2D eigenvalue weighted by Crippen LogP contribution is -2.05. The molecule has 0 aliphatic carbocycles. The van der Waals surface area contributed by atoms with Crippen molar-refractivity contribution in [2.24, 2.45) is 0 Å². The van der Waals surface area contributed by atoms with Crippen LogP contribution in [0.3, 0.4) is 0 Å². The van der Waals surface area contributed by atoms with Gasteiger partial charge < -0.3 is 14.8 Å². The second-order valence-electron chi connectivity index (χ2n) is 5.39. The Bertz CT molecular complexity index is 986. The fourth-order valence-electron chi connectivity index (χ4n) is 2.51. The van der Waals surface area contributed by atoms with E-state index >= 15 is 0 Å². The lowest BCUT2D eigenvalue weighted by molar-refractivity contribution is -0.383. The van der Waals surface area contributed by atoms with Crippen LogP contribution >= 0.6 is 0 Å². The highest BCUT2D eigenvalue weighted by Crippen LogP contribution is 2.42. The largest absolute Gasteiger partial charge is 0.493 e. The summed E-state index contributed by atoms with van der Waals surface area (Å²) in [5, 5.41) is 14.4. The zero-order valence-corrected chi connectivity index (χ0v) is 14.1. The number of fused-ring (bicyclic) bond motifs is 1. The number of nitro groups is 1. The second-order valence-corrected chi connectivity index (χ2v) is 5.39. The Kier molecular flexibility index (Phi) is 4.66. The molecule has 1 aromatic heterocycles. The van der Waals surface area contributed by atoms with Gasteiger partial charge >= 0.3 is 0 Å². The van der Waals surface area contributed by atoms with E-state index in [1.165, 1.54) is 26.3 Å². The van der Waals surface area contributed by atoms with Crippen LogP contribution in [0.1, 0.15) is 6.92 Å². The van der Waals surface area contributed by atoms with Crippen molar-refractivity contribution < 1.29 is 19.2 Å². The summed E-state index contributed by atoms with van der Waals surface area (Å²) < 4.78 is 11.2. The molecule has 1 N–H and O–H groups in total. The van der Waals surface area contributed by atoms with Crippen LogP contribution in [0.4, 0.5) is 11.4 Å². The highest BCUT2D eigenvalue weighted by atomic mass is 16.6. The van der Waals surface area contributed by atoms with Gasteiger partial charge in [0.15, 0.2) is 17.0 Å². The summed E-state index contributed by atoms with van der Waals surface area (Å²) in [6.07, 6.45) is 1.48. The Morgan fingerprint density at radius 2 is 1.96 bits per heavy atom. The van der Waals surface area contributed by atoms with Crippen LogP contribution < -0.4 is 14.8 Å². The lowest BCUT2D eigenvalue weighted by Gasteiger charge is -2.13. The molecule has 0 spiro atoms. The molecule has 0 bridgehead atoms. The fourth-order valence-corrected chi connectivity index (χ4v) is 2.51. The quantitative estimate of drug-likeness (QED) is 0.551. The molecule has 1 amide bonds. The first-order valence-electron chi connectivity index (χ1n) is 7.65. The second kappa shape index (κ2) is 7.06. The Morgan fingerprint density at radius 3 is 2.58 bits per heavy atom. The third-order valence-corrected chi connectivity index (χ3v) is 3.60. The molecule has 132 valence electrons. The highest BCUT2D eigenvalue weighted by molar-refractivity contribution is 5.95. The maximum atomic E-state index is 11.3. The summed E-state index contributed by atoms with van der Waals surface area (Å²) in [5.74, 6) is 0.862. The number of nitro benzene ring substituents is 1. The number of methoxy groups -OCH3 is 1. The number of hydrogen-bond donors (Lipinski definition) is 1. The van der Waals surface area contributed by atoms with E-state index in [-0.39, 0.29) is 22.9 Å². The van der Waals surface area contributed by atoms with Gasteiger partial charge in [0.05, 0.1) is 23.5 Å². The van der Waals surface area contributed by atoms with E-state index in [4.69, 9.17) is 9.47 Å². The van der Waals surface area contributed by atoms with Gasteiger partial charge in [-0.15, -0.1) is 0 Å². The van der Waals surface area contributed by atoms with Crippen LogP contribution in [-0.4, -0.2) is 22.9 Å². The molecule has 2 aromatic carbocycles. The first kappa shape index (κ1) is 17.2. The Hall–Kier alpha value is -3.68. The van der Waals surface area contributed by atoms with Crippen LogP contribution in [0.15, 0.2) is 48.7 Å². The van der Waals surface area contributed by atoms with E-state index in [1.807, 2.05) is 0 Å². The molecule has 0 radical (unpaired) electrons. The number of ether oxygens (including phenoxy) is 2. The van der Waals surface area contributed by atoms with E-state index in [0.717, 1.165) is 0 Å². The van der Waals surface area contributed by atoms with Crippen LogP contribution in [0.5, 0.6) is 17.2 Å². The molecule has 8 heteroatoms. The summed E-state index contributed by atoms with van der Waals surface area (Å²) in [5.41, 5.74) is 0.681. The van der Waals surface area contributed by atoms with Crippen molar-refractivity contribution in [3.63, 3.8) is 0 Å². The number of carbonyl (C=O) groups is 1. The first-order valence-corrected chi connectivity index (χ1v) is 7.65. The maximum absolute atomic E-state index is 11.3. The van der Waals surface area contributed by atoms with Crippen molar-refractivity contribution in [3.05, 3.63) is 58.8 Å². The summed E-state index contributed by atoms with van der Waals surface area (Å²) in [4.78, 5) is 26.0. The Labute approximate surface area is 148 Å². The smallest absolute Gasteiger partial charge is 0.299 e. The number of aromatic nitrogens is 1. The van der Waals surface area contributed by atoms with Crippen LogP contribution in [-0.2, 0) is 4.79 Å².